The Kier molecular flexibility index (Phi) is 6.57. The molecule has 0 bridgehead atoms. The van der Waals surface area contributed by atoms with Crippen LogP contribution in [0.15, 0.2) is 65.6 Å². The smallest absolute Gasteiger partial charge is 0.338 e. The predicted octanol–water partition coefficient (Wildman–Crippen LogP) is 2.71. The number of benzene rings is 3. The lowest BCUT2D eigenvalue weighted by atomic mass is 10.1. The van der Waals surface area contributed by atoms with Crippen LogP contribution < -0.4 is 14.8 Å². The topological polar surface area (TPSA) is 116 Å². The van der Waals surface area contributed by atoms with Gasteiger partial charge < -0.3 is 14.4 Å². The van der Waals surface area contributed by atoms with Crippen molar-refractivity contribution in [2.75, 3.05) is 25.2 Å². The van der Waals surface area contributed by atoms with Gasteiger partial charge in [-0.3, -0.25) is 4.79 Å². The van der Waals surface area contributed by atoms with E-state index in [9.17, 15) is 18.0 Å². The summed E-state index contributed by atoms with van der Waals surface area (Å²) in [7, 11) is -2.83. The van der Waals surface area contributed by atoms with Crippen LogP contribution in [0.4, 0.5) is 5.69 Å². The summed E-state index contributed by atoms with van der Waals surface area (Å²) in [5.74, 6) is -1.26. The molecule has 0 unspecified atom stereocenters. The van der Waals surface area contributed by atoms with Gasteiger partial charge in [0.25, 0.3) is 5.91 Å². The molecule has 0 fully saturated rings. The molecule has 0 radical (unpaired) electrons. The van der Waals surface area contributed by atoms with Gasteiger partial charge in [0, 0.05) is 11.9 Å². The number of carbonyl (C=O) groups is 2. The molecule has 0 saturated heterocycles. The maximum absolute atomic E-state index is 12.8. The van der Waals surface area contributed by atoms with Crippen LogP contribution in [0.2, 0.25) is 0 Å². The number of likely N-dealkylation sites (N-methyl/N-ethyl adjacent to an activating group) is 1. The van der Waals surface area contributed by atoms with Crippen LogP contribution in [-0.4, -0.2) is 40.6 Å². The van der Waals surface area contributed by atoms with E-state index < -0.39 is 28.5 Å². The SMILES string of the molecule is CCN(C(=O)COC(=O)c1ccc(OC)c(S(N)(=O)=O)c1)c1cccc2ccccc12. The summed E-state index contributed by atoms with van der Waals surface area (Å²) in [5.41, 5.74) is 0.647. The van der Waals surface area contributed by atoms with E-state index in [4.69, 9.17) is 14.6 Å². The fraction of sp³-hybridized carbons (Fsp3) is 0.182. The number of amides is 1. The van der Waals surface area contributed by atoms with E-state index >= 15 is 0 Å². The zero-order valence-corrected chi connectivity index (χ0v) is 17.9. The van der Waals surface area contributed by atoms with Crippen LogP contribution >= 0.6 is 0 Å². The van der Waals surface area contributed by atoms with Crippen LogP contribution in [0.25, 0.3) is 10.8 Å². The van der Waals surface area contributed by atoms with Gasteiger partial charge in [-0.05, 0) is 36.6 Å². The van der Waals surface area contributed by atoms with Crippen molar-refractivity contribution in [3.8, 4) is 5.75 Å². The molecule has 0 aromatic heterocycles. The second-order valence-electron chi connectivity index (χ2n) is 6.62. The molecule has 3 aromatic carbocycles. The molecular formula is C22H22N2O6S. The maximum Gasteiger partial charge on any atom is 0.338 e. The van der Waals surface area contributed by atoms with E-state index in [0.29, 0.717) is 12.2 Å². The fourth-order valence-corrected chi connectivity index (χ4v) is 3.96. The molecule has 0 spiro atoms. The molecule has 162 valence electrons. The first-order chi connectivity index (χ1) is 14.8. The summed E-state index contributed by atoms with van der Waals surface area (Å²) in [4.78, 5) is 26.4. The minimum Gasteiger partial charge on any atom is -0.495 e. The van der Waals surface area contributed by atoms with E-state index in [1.165, 1.54) is 24.1 Å². The highest BCUT2D eigenvalue weighted by molar-refractivity contribution is 7.89. The maximum atomic E-state index is 12.8. The van der Waals surface area contributed by atoms with Gasteiger partial charge in [-0.2, -0.15) is 0 Å². The lowest BCUT2D eigenvalue weighted by Gasteiger charge is -2.22. The van der Waals surface area contributed by atoms with Gasteiger partial charge in [-0.15, -0.1) is 0 Å². The molecule has 31 heavy (non-hydrogen) atoms. The number of fused-ring (bicyclic) bond motifs is 1. The Balaban J connectivity index is 1.79. The van der Waals surface area contributed by atoms with Crippen LogP contribution in [0, 0.1) is 0 Å². The number of sulfonamides is 1. The van der Waals surface area contributed by atoms with Crippen molar-refractivity contribution < 1.29 is 27.5 Å². The Hall–Kier alpha value is -3.43. The third kappa shape index (κ3) is 4.84. The van der Waals surface area contributed by atoms with Gasteiger partial charge >= 0.3 is 5.97 Å². The van der Waals surface area contributed by atoms with Gasteiger partial charge in [0.05, 0.1) is 18.4 Å². The number of methoxy groups -OCH3 is 1. The number of esters is 1. The Morgan fingerprint density at radius 3 is 2.42 bits per heavy atom. The monoisotopic (exact) mass is 442 g/mol. The summed E-state index contributed by atoms with van der Waals surface area (Å²) >= 11 is 0. The quantitative estimate of drug-likeness (QED) is 0.563. The summed E-state index contributed by atoms with van der Waals surface area (Å²) in [5, 5.41) is 7.06. The fourth-order valence-electron chi connectivity index (χ4n) is 3.24. The second kappa shape index (κ2) is 9.15. The number of nitrogens with zero attached hydrogens (tertiary/aromatic N) is 1. The van der Waals surface area contributed by atoms with Gasteiger partial charge in [0.1, 0.15) is 10.6 Å². The number of rotatable bonds is 7. The summed E-state index contributed by atoms with van der Waals surface area (Å²) < 4.78 is 33.6. The van der Waals surface area contributed by atoms with Gasteiger partial charge in [-0.1, -0.05) is 36.4 Å². The first kappa shape index (κ1) is 22.3. The number of hydrogen-bond acceptors (Lipinski definition) is 6. The Morgan fingerprint density at radius 2 is 1.74 bits per heavy atom. The molecule has 3 rings (SSSR count). The average molecular weight is 442 g/mol. The van der Waals surface area contributed by atoms with Crippen molar-refractivity contribution in [2.45, 2.75) is 11.8 Å². The Morgan fingerprint density at radius 1 is 1.03 bits per heavy atom. The zero-order chi connectivity index (χ0) is 22.6. The van der Waals surface area contributed by atoms with E-state index in [1.807, 2.05) is 49.4 Å². The Labute approximate surface area is 180 Å². The lowest BCUT2D eigenvalue weighted by Crippen LogP contribution is -2.34. The summed E-state index contributed by atoms with van der Waals surface area (Å²) in [6, 6.07) is 17.0. The normalized spacial score (nSPS) is 11.2. The van der Waals surface area contributed by atoms with Crippen LogP contribution in [0.1, 0.15) is 17.3 Å². The highest BCUT2D eigenvalue weighted by atomic mass is 32.2. The van der Waals surface area contributed by atoms with Crippen molar-refractivity contribution in [2.24, 2.45) is 5.14 Å². The predicted molar refractivity (Wildman–Crippen MR) is 117 cm³/mol. The van der Waals surface area contributed by atoms with Gasteiger partial charge in [0.2, 0.25) is 10.0 Å². The number of primary sulfonamides is 1. The molecular weight excluding hydrogens is 420 g/mol. The number of nitrogens with two attached hydrogens (primary N) is 1. The first-order valence-corrected chi connectivity index (χ1v) is 11.0. The molecule has 8 nitrogen and oxygen atoms in total. The lowest BCUT2D eigenvalue weighted by molar-refractivity contribution is -0.121. The minimum absolute atomic E-state index is 0.00300. The summed E-state index contributed by atoms with van der Waals surface area (Å²) in [6.07, 6.45) is 0. The molecule has 0 aliphatic carbocycles. The Bertz CT molecular complexity index is 1230. The van der Waals surface area contributed by atoms with Crippen molar-refractivity contribution in [3.63, 3.8) is 0 Å². The van der Waals surface area contributed by atoms with Crippen LogP contribution in [0.3, 0.4) is 0 Å². The molecule has 0 aliphatic rings. The first-order valence-electron chi connectivity index (χ1n) is 9.42. The van der Waals surface area contributed by atoms with Crippen molar-refractivity contribution >= 4 is 38.4 Å². The van der Waals surface area contributed by atoms with E-state index in [-0.39, 0.29) is 16.2 Å². The average Bonchev–Trinajstić information content (AvgIpc) is 2.77. The molecule has 1 amide bonds. The third-order valence-electron chi connectivity index (χ3n) is 4.71. The third-order valence-corrected chi connectivity index (χ3v) is 5.64. The largest absolute Gasteiger partial charge is 0.495 e. The van der Waals surface area contributed by atoms with Gasteiger partial charge in [-0.25, -0.2) is 18.4 Å². The molecule has 0 atom stereocenters. The van der Waals surface area contributed by atoms with Crippen LogP contribution in [0.5, 0.6) is 5.75 Å². The van der Waals surface area contributed by atoms with Crippen LogP contribution in [-0.2, 0) is 19.6 Å². The number of anilines is 1. The summed E-state index contributed by atoms with van der Waals surface area (Å²) in [6.45, 7) is 1.69. The molecule has 0 saturated carbocycles. The van der Waals surface area contributed by atoms with E-state index in [2.05, 4.69) is 0 Å². The van der Waals surface area contributed by atoms with Gasteiger partial charge in [0.15, 0.2) is 6.61 Å². The number of hydrogen-bond donors (Lipinski definition) is 1. The molecule has 0 heterocycles. The standard InChI is InChI=1S/C22H22N2O6S/c1-3-24(18-10-6-8-15-7-4-5-9-17(15)18)21(25)14-30-22(26)16-11-12-19(29-2)20(13-16)31(23,27)28/h4-13H,3,14H2,1-2H3,(H2,23,27,28). The minimum atomic E-state index is -4.12. The molecule has 2 N–H and O–H groups in total. The van der Waals surface area contributed by atoms with Crippen molar-refractivity contribution in [1.82, 2.24) is 0 Å². The molecule has 3 aromatic rings. The number of ether oxygens (including phenoxy) is 2. The van der Waals surface area contributed by atoms with Crippen molar-refractivity contribution in [1.29, 1.82) is 0 Å². The molecule has 0 aliphatic heterocycles. The second-order valence-corrected chi connectivity index (χ2v) is 8.15. The highest BCUT2D eigenvalue weighted by Crippen LogP contribution is 2.27. The van der Waals surface area contributed by atoms with Crippen molar-refractivity contribution in [3.05, 3.63) is 66.2 Å². The zero-order valence-electron chi connectivity index (χ0n) is 17.1. The molecule has 9 heteroatoms. The van der Waals surface area contributed by atoms with E-state index in [0.717, 1.165) is 16.8 Å². The van der Waals surface area contributed by atoms with E-state index in [1.54, 1.807) is 0 Å². The number of carbonyl (C=O) groups excluding carboxylic acids is 2. The highest BCUT2D eigenvalue weighted by Gasteiger charge is 2.21.